The normalized spacial score (nSPS) is 15.3. The molecule has 1 aliphatic heterocycles. The number of carbonyl (C=O) groups is 1. The molecule has 3 rings (SSSR count). The topological polar surface area (TPSA) is 74.7 Å². The van der Waals surface area contributed by atoms with Crippen molar-refractivity contribution in [3.05, 3.63) is 48.5 Å². The van der Waals surface area contributed by atoms with Crippen LogP contribution in [-0.4, -0.2) is 40.2 Å². The van der Waals surface area contributed by atoms with Crippen molar-refractivity contribution in [3.8, 4) is 11.6 Å². The summed E-state index contributed by atoms with van der Waals surface area (Å²) in [6, 6.07) is 14.4. The molecular weight excluding hydrogens is 294 g/mol. The number of aliphatic hydroxyl groups excluding tert-OH is 1. The average molecular weight is 313 g/mol. The molecule has 1 aromatic carbocycles. The van der Waals surface area contributed by atoms with E-state index in [1.54, 1.807) is 23.1 Å². The fourth-order valence-electron chi connectivity index (χ4n) is 2.41. The van der Waals surface area contributed by atoms with E-state index in [0.717, 1.165) is 0 Å². The smallest absolute Gasteiger partial charge is 0.323 e. The number of benzene rings is 1. The fraction of sp³-hybridized carbons (Fsp3) is 0.294. The molecule has 0 unspecified atom stereocenters. The van der Waals surface area contributed by atoms with E-state index in [9.17, 15) is 9.90 Å². The molecule has 1 saturated heterocycles. The second kappa shape index (κ2) is 7.11. The Labute approximate surface area is 134 Å². The predicted molar refractivity (Wildman–Crippen MR) is 86.6 cm³/mol. The maximum atomic E-state index is 12.2. The van der Waals surface area contributed by atoms with Gasteiger partial charge in [0.05, 0.1) is 6.10 Å². The lowest BCUT2D eigenvalue weighted by atomic mass is 10.1. The summed E-state index contributed by atoms with van der Waals surface area (Å²) in [6.07, 6.45) is 0.913. The summed E-state index contributed by atoms with van der Waals surface area (Å²) in [5.41, 5.74) is 0. The van der Waals surface area contributed by atoms with Crippen LogP contribution in [0.5, 0.6) is 11.6 Å². The van der Waals surface area contributed by atoms with E-state index in [0.29, 0.717) is 43.4 Å². The first-order valence-electron chi connectivity index (χ1n) is 7.65. The van der Waals surface area contributed by atoms with Crippen molar-refractivity contribution in [1.82, 2.24) is 9.88 Å². The number of ether oxygens (including phenoxy) is 1. The van der Waals surface area contributed by atoms with Gasteiger partial charge in [0.25, 0.3) is 0 Å². The summed E-state index contributed by atoms with van der Waals surface area (Å²) in [4.78, 5) is 18.2. The fourth-order valence-corrected chi connectivity index (χ4v) is 2.41. The second-order valence-electron chi connectivity index (χ2n) is 5.42. The molecule has 0 saturated carbocycles. The van der Waals surface area contributed by atoms with E-state index in [2.05, 4.69) is 10.3 Å². The van der Waals surface area contributed by atoms with Crippen LogP contribution in [0, 0.1) is 0 Å². The van der Waals surface area contributed by atoms with Gasteiger partial charge in [0, 0.05) is 19.2 Å². The monoisotopic (exact) mass is 313 g/mol. The Bertz CT molecular complexity index is 655. The van der Waals surface area contributed by atoms with E-state index in [1.807, 2.05) is 30.3 Å². The third kappa shape index (κ3) is 4.20. The number of rotatable bonds is 3. The number of amides is 2. The molecule has 2 N–H and O–H groups in total. The minimum absolute atomic E-state index is 0.207. The van der Waals surface area contributed by atoms with E-state index >= 15 is 0 Å². The lowest BCUT2D eigenvalue weighted by molar-refractivity contribution is 0.0972. The first kappa shape index (κ1) is 15.3. The number of nitrogens with zero attached hydrogens (tertiary/aromatic N) is 2. The molecule has 1 fully saturated rings. The van der Waals surface area contributed by atoms with Crippen LogP contribution in [-0.2, 0) is 0 Å². The van der Waals surface area contributed by atoms with Gasteiger partial charge in [-0.15, -0.1) is 0 Å². The molecule has 6 heteroatoms. The van der Waals surface area contributed by atoms with Crippen molar-refractivity contribution >= 4 is 11.8 Å². The van der Waals surface area contributed by atoms with E-state index in [1.165, 1.54) is 0 Å². The zero-order valence-electron chi connectivity index (χ0n) is 12.7. The maximum Gasteiger partial charge on any atom is 0.323 e. The van der Waals surface area contributed by atoms with Crippen LogP contribution in [0.3, 0.4) is 0 Å². The Balaban J connectivity index is 1.62. The Kier molecular flexibility index (Phi) is 4.73. The number of likely N-dealkylation sites (tertiary alicyclic amines) is 1. The van der Waals surface area contributed by atoms with Crippen molar-refractivity contribution in [3.63, 3.8) is 0 Å². The zero-order chi connectivity index (χ0) is 16.1. The summed E-state index contributed by atoms with van der Waals surface area (Å²) in [5, 5.41) is 12.3. The number of aromatic nitrogens is 1. The third-order valence-electron chi connectivity index (χ3n) is 3.68. The number of anilines is 1. The van der Waals surface area contributed by atoms with Gasteiger partial charge in [-0.3, -0.25) is 5.32 Å². The van der Waals surface area contributed by atoms with Gasteiger partial charge in [0.1, 0.15) is 11.6 Å². The summed E-state index contributed by atoms with van der Waals surface area (Å²) < 4.78 is 5.65. The van der Waals surface area contributed by atoms with Gasteiger partial charge in [-0.25, -0.2) is 4.79 Å². The van der Waals surface area contributed by atoms with Gasteiger partial charge in [0.2, 0.25) is 5.88 Å². The molecule has 2 amide bonds. The SMILES string of the molecule is O=C(Nc1cccc(Oc2ccccc2)n1)N1CCC(O)CC1. The van der Waals surface area contributed by atoms with Gasteiger partial charge in [-0.1, -0.05) is 24.3 Å². The molecule has 0 atom stereocenters. The highest BCUT2D eigenvalue weighted by Gasteiger charge is 2.21. The van der Waals surface area contributed by atoms with E-state index in [4.69, 9.17) is 4.74 Å². The molecule has 2 aromatic rings. The minimum Gasteiger partial charge on any atom is -0.439 e. The van der Waals surface area contributed by atoms with Gasteiger partial charge in [-0.2, -0.15) is 4.98 Å². The highest BCUT2D eigenvalue weighted by Crippen LogP contribution is 2.20. The predicted octanol–water partition coefficient (Wildman–Crippen LogP) is 2.86. The quantitative estimate of drug-likeness (QED) is 0.913. The first-order valence-corrected chi connectivity index (χ1v) is 7.65. The molecule has 2 heterocycles. The number of hydrogen-bond acceptors (Lipinski definition) is 4. The van der Waals surface area contributed by atoms with E-state index in [-0.39, 0.29) is 12.1 Å². The summed E-state index contributed by atoms with van der Waals surface area (Å²) in [7, 11) is 0. The Hall–Kier alpha value is -2.60. The van der Waals surface area contributed by atoms with Gasteiger partial charge >= 0.3 is 6.03 Å². The molecule has 23 heavy (non-hydrogen) atoms. The van der Waals surface area contributed by atoms with Crippen LogP contribution in [0.25, 0.3) is 0 Å². The number of urea groups is 1. The molecule has 0 spiro atoms. The lowest BCUT2D eigenvalue weighted by Gasteiger charge is -2.29. The van der Waals surface area contributed by atoms with Crippen LogP contribution in [0.2, 0.25) is 0 Å². The largest absolute Gasteiger partial charge is 0.439 e. The van der Waals surface area contributed by atoms with Crippen molar-refractivity contribution in [2.45, 2.75) is 18.9 Å². The molecule has 1 aliphatic rings. The Morgan fingerprint density at radius 3 is 2.61 bits per heavy atom. The summed E-state index contributed by atoms with van der Waals surface area (Å²) in [6.45, 7) is 1.10. The van der Waals surface area contributed by atoms with Crippen LogP contribution >= 0.6 is 0 Å². The van der Waals surface area contributed by atoms with Crippen molar-refractivity contribution < 1.29 is 14.6 Å². The number of carbonyl (C=O) groups excluding carboxylic acids is 1. The highest BCUT2D eigenvalue weighted by molar-refractivity contribution is 5.88. The Morgan fingerprint density at radius 1 is 1.13 bits per heavy atom. The van der Waals surface area contributed by atoms with Crippen molar-refractivity contribution in [1.29, 1.82) is 0 Å². The van der Waals surface area contributed by atoms with Gasteiger partial charge < -0.3 is 14.7 Å². The molecule has 0 radical (unpaired) electrons. The van der Waals surface area contributed by atoms with Gasteiger partial charge in [0.15, 0.2) is 0 Å². The number of pyridine rings is 1. The van der Waals surface area contributed by atoms with Crippen LogP contribution < -0.4 is 10.1 Å². The van der Waals surface area contributed by atoms with Crippen LogP contribution in [0.1, 0.15) is 12.8 Å². The average Bonchev–Trinajstić information content (AvgIpc) is 2.57. The summed E-state index contributed by atoms with van der Waals surface area (Å²) >= 11 is 0. The molecule has 120 valence electrons. The zero-order valence-corrected chi connectivity index (χ0v) is 12.7. The van der Waals surface area contributed by atoms with Crippen LogP contribution in [0.4, 0.5) is 10.6 Å². The Morgan fingerprint density at radius 2 is 1.87 bits per heavy atom. The van der Waals surface area contributed by atoms with Crippen molar-refractivity contribution in [2.24, 2.45) is 0 Å². The summed E-state index contributed by atoms with van der Waals surface area (Å²) in [5.74, 6) is 1.55. The first-order chi connectivity index (χ1) is 11.2. The number of aliphatic hydroxyl groups is 1. The number of para-hydroxylation sites is 1. The van der Waals surface area contributed by atoms with E-state index < -0.39 is 0 Å². The minimum atomic E-state index is -0.306. The number of hydrogen-bond donors (Lipinski definition) is 2. The molecule has 0 bridgehead atoms. The number of nitrogens with one attached hydrogen (secondary N) is 1. The number of piperidine rings is 1. The highest BCUT2D eigenvalue weighted by atomic mass is 16.5. The van der Waals surface area contributed by atoms with Crippen molar-refractivity contribution in [2.75, 3.05) is 18.4 Å². The standard InChI is InChI=1S/C17H19N3O3/c21-13-9-11-20(12-10-13)17(22)19-15-7-4-8-16(18-15)23-14-5-2-1-3-6-14/h1-8,13,21H,9-12H2,(H,18,19,22). The third-order valence-corrected chi connectivity index (χ3v) is 3.68. The molecule has 1 aromatic heterocycles. The lowest BCUT2D eigenvalue weighted by Crippen LogP contribution is -2.42. The molecule has 6 nitrogen and oxygen atoms in total. The second-order valence-corrected chi connectivity index (χ2v) is 5.42. The maximum absolute atomic E-state index is 12.2. The van der Waals surface area contributed by atoms with Gasteiger partial charge in [-0.05, 0) is 31.0 Å². The molecular formula is C17H19N3O3. The van der Waals surface area contributed by atoms with Crippen LogP contribution in [0.15, 0.2) is 48.5 Å². The molecule has 0 aliphatic carbocycles.